The summed E-state index contributed by atoms with van der Waals surface area (Å²) in [5.41, 5.74) is 0.352. The molecule has 3 rings (SSSR count). The van der Waals surface area contributed by atoms with E-state index in [0.717, 1.165) is 16.9 Å². The van der Waals surface area contributed by atoms with Crippen molar-refractivity contribution in [3.05, 3.63) is 53.3 Å². The molecule has 0 N–H and O–H groups in total. The van der Waals surface area contributed by atoms with Gasteiger partial charge < -0.3 is 14.0 Å². The van der Waals surface area contributed by atoms with Crippen molar-refractivity contribution in [3.8, 4) is 11.5 Å². The smallest absolute Gasteiger partial charge is 0.449 e. The van der Waals surface area contributed by atoms with E-state index in [1.165, 1.54) is 26.4 Å². The van der Waals surface area contributed by atoms with Crippen LogP contribution < -0.4 is 9.47 Å². The molecule has 0 atom stereocenters. The molecule has 0 saturated heterocycles. The van der Waals surface area contributed by atoms with Crippen molar-refractivity contribution in [3.63, 3.8) is 0 Å². The van der Waals surface area contributed by atoms with Crippen LogP contribution in [0.2, 0.25) is 0 Å². The molecule has 0 saturated carbocycles. The Balaban J connectivity index is 2.09. The number of rotatable bonds is 7. The molecule has 184 valence electrons. The maximum atomic E-state index is 13.5. The van der Waals surface area contributed by atoms with Gasteiger partial charge >= 0.3 is 6.18 Å². The number of hydrogen-bond donors (Lipinski definition) is 0. The fourth-order valence-electron chi connectivity index (χ4n) is 3.67. The molecule has 3 aromatic rings. The van der Waals surface area contributed by atoms with Gasteiger partial charge in [0.05, 0.1) is 38.1 Å². The summed E-state index contributed by atoms with van der Waals surface area (Å²) in [6, 6.07) is 8.04. The Morgan fingerprint density at radius 1 is 1.15 bits per heavy atom. The first-order valence-electron chi connectivity index (χ1n) is 10.1. The van der Waals surface area contributed by atoms with E-state index in [2.05, 4.69) is 4.98 Å². The molecule has 0 bridgehead atoms. The zero-order valence-corrected chi connectivity index (χ0v) is 20.0. The second-order valence-electron chi connectivity index (χ2n) is 7.83. The monoisotopic (exact) mass is 499 g/mol. The number of fused-ring (bicyclic) bond motifs is 1. The van der Waals surface area contributed by atoms with Crippen molar-refractivity contribution >= 4 is 27.0 Å². The Kier molecular flexibility index (Phi) is 6.83. The quantitative estimate of drug-likeness (QED) is 0.483. The summed E-state index contributed by atoms with van der Waals surface area (Å²) in [4.78, 5) is 16.9. The fourth-order valence-corrected chi connectivity index (χ4v) is 4.45. The Morgan fingerprint density at radius 3 is 2.35 bits per heavy atom. The predicted molar refractivity (Wildman–Crippen MR) is 119 cm³/mol. The minimum atomic E-state index is -4.70. The number of aromatic nitrogens is 2. The van der Waals surface area contributed by atoms with Crippen LogP contribution >= 0.6 is 0 Å². The normalized spacial score (nSPS) is 12.3. The number of methoxy groups -OCH3 is 2. The van der Waals surface area contributed by atoms with E-state index >= 15 is 0 Å². The molecule has 0 aliphatic rings. The predicted octanol–water partition coefficient (Wildman–Crippen LogP) is 4.26. The Bertz CT molecular complexity index is 1330. The van der Waals surface area contributed by atoms with E-state index in [1.54, 1.807) is 32.0 Å². The van der Waals surface area contributed by atoms with Gasteiger partial charge in [-0.2, -0.15) is 13.2 Å². The summed E-state index contributed by atoms with van der Waals surface area (Å²) in [5.74, 6) is -1.40. The van der Waals surface area contributed by atoms with Gasteiger partial charge in [-0.25, -0.2) is 17.7 Å². The van der Waals surface area contributed by atoms with Gasteiger partial charge in [0.15, 0.2) is 11.5 Å². The zero-order chi connectivity index (χ0) is 25.4. The molecule has 0 fully saturated rings. The number of alkyl halides is 3. The second-order valence-corrected chi connectivity index (χ2v) is 9.73. The number of nitrogens with zero attached hydrogens (tertiary/aromatic N) is 3. The van der Waals surface area contributed by atoms with Crippen molar-refractivity contribution < 1.29 is 35.9 Å². The second kappa shape index (κ2) is 9.16. The Hall–Kier alpha value is -3.28. The summed E-state index contributed by atoms with van der Waals surface area (Å²) >= 11 is 0. The lowest BCUT2D eigenvalue weighted by Gasteiger charge is -2.22. The van der Waals surface area contributed by atoms with Crippen LogP contribution in [0.15, 0.2) is 36.4 Å². The van der Waals surface area contributed by atoms with Gasteiger partial charge in [-0.15, -0.1) is 0 Å². The van der Waals surface area contributed by atoms with Gasteiger partial charge in [0.1, 0.15) is 0 Å². The first kappa shape index (κ1) is 25.3. The number of carbonyl (C=O) groups excluding carboxylic acids is 1. The van der Waals surface area contributed by atoms with Crippen molar-refractivity contribution in [2.75, 3.05) is 20.5 Å². The molecular formula is C22H24F3N3O5S. The van der Waals surface area contributed by atoms with Crippen LogP contribution in [0.1, 0.15) is 41.6 Å². The molecule has 12 heteroatoms. The largest absolute Gasteiger partial charge is 0.493 e. The molecular weight excluding hydrogens is 475 g/mol. The molecule has 34 heavy (non-hydrogen) atoms. The highest BCUT2D eigenvalue weighted by Gasteiger charge is 2.38. The molecule has 0 spiro atoms. The van der Waals surface area contributed by atoms with Crippen molar-refractivity contribution in [1.29, 1.82) is 0 Å². The minimum Gasteiger partial charge on any atom is -0.493 e. The number of sulfonamides is 1. The molecule has 0 aliphatic carbocycles. The molecule has 1 amide bonds. The summed E-state index contributed by atoms with van der Waals surface area (Å²) in [6.45, 7) is 2.80. The zero-order valence-electron chi connectivity index (χ0n) is 19.2. The van der Waals surface area contributed by atoms with Crippen LogP contribution in [0.3, 0.4) is 0 Å². The molecule has 8 nitrogen and oxygen atoms in total. The summed E-state index contributed by atoms with van der Waals surface area (Å²) < 4.78 is 77.7. The first-order valence-corrected chi connectivity index (χ1v) is 12.0. The maximum absolute atomic E-state index is 13.5. The van der Waals surface area contributed by atoms with Gasteiger partial charge in [-0.3, -0.25) is 4.79 Å². The highest BCUT2D eigenvalue weighted by molar-refractivity contribution is 7.88. The average Bonchev–Trinajstić information content (AvgIpc) is 3.15. The topological polar surface area (TPSA) is 90.7 Å². The standard InChI is InChI=1S/C22H24F3N3O5S/c1-13(2)28-17-10-9-14(11-16(17)26-21(28)22(23,24)25)20(29)27(34(5,30)31)12-15-7-6-8-18(32-3)19(15)33-4/h6-11,13H,12H2,1-5H3. The lowest BCUT2D eigenvalue weighted by atomic mass is 10.1. The summed E-state index contributed by atoms with van der Waals surface area (Å²) in [7, 11) is -1.27. The van der Waals surface area contributed by atoms with Crippen LogP contribution in [0.5, 0.6) is 11.5 Å². The third kappa shape index (κ3) is 4.81. The first-order chi connectivity index (χ1) is 15.8. The van der Waals surface area contributed by atoms with E-state index in [9.17, 15) is 26.4 Å². The molecule has 0 unspecified atom stereocenters. The van der Waals surface area contributed by atoms with Gasteiger partial charge in [0, 0.05) is 17.2 Å². The number of halogens is 3. The van der Waals surface area contributed by atoms with E-state index in [1.807, 2.05) is 0 Å². The van der Waals surface area contributed by atoms with E-state index in [4.69, 9.17) is 9.47 Å². The molecule has 1 aromatic heterocycles. The van der Waals surface area contributed by atoms with Crippen LogP contribution in [0.25, 0.3) is 11.0 Å². The number of ether oxygens (including phenoxy) is 2. The number of imidazole rings is 1. The molecule has 2 aromatic carbocycles. The fraction of sp³-hybridized carbons (Fsp3) is 0.364. The number of para-hydroxylation sites is 1. The summed E-state index contributed by atoms with van der Waals surface area (Å²) in [5, 5.41) is 0. The third-order valence-electron chi connectivity index (χ3n) is 5.13. The van der Waals surface area contributed by atoms with Crippen molar-refractivity contribution in [2.24, 2.45) is 0 Å². The summed E-state index contributed by atoms with van der Waals surface area (Å²) in [6.07, 6.45) is -3.83. The highest BCUT2D eigenvalue weighted by atomic mass is 32.2. The Labute approximate surface area is 194 Å². The van der Waals surface area contributed by atoms with Crippen LogP contribution in [-0.4, -0.2) is 48.7 Å². The lowest BCUT2D eigenvalue weighted by molar-refractivity contribution is -0.147. The van der Waals surface area contributed by atoms with Crippen LogP contribution in [-0.2, 0) is 22.7 Å². The minimum absolute atomic E-state index is 0.0701. The van der Waals surface area contributed by atoms with E-state index < -0.39 is 34.0 Å². The lowest BCUT2D eigenvalue weighted by Crippen LogP contribution is -2.35. The van der Waals surface area contributed by atoms with Crippen LogP contribution in [0.4, 0.5) is 13.2 Å². The number of amides is 1. The van der Waals surface area contributed by atoms with Gasteiger partial charge in [-0.05, 0) is 38.1 Å². The number of hydrogen-bond acceptors (Lipinski definition) is 6. The van der Waals surface area contributed by atoms with Gasteiger partial charge in [0.2, 0.25) is 15.8 Å². The molecule has 1 heterocycles. The van der Waals surface area contributed by atoms with Crippen molar-refractivity contribution in [2.45, 2.75) is 32.6 Å². The Morgan fingerprint density at radius 2 is 1.82 bits per heavy atom. The van der Waals surface area contributed by atoms with Gasteiger partial charge in [0.25, 0.3) is 5.91 Å². The molecule has 0 aliphatic heterocycles. The van der Waals surface area contributed by atoms with Gasteiger partial charge in [-0.1, -0.05) is 12.1 Å². The highest BCUT2D eigenvalue weighted by Crippen LogP contribution is 2.35. The van der Waals surface area contributed by atoms with Crippen LogP contribution in [0, 0.1) is 0 Å². The van der Waals surface area contributed by atoms with E-state index in [-0.39, 0.29) is 28.9 Å². The molecule has 0 radical (unpaired) electrons. The third-order valence-corrected chi connectivity index (χ3v) is 6.23. The number of carbonyl (C=O) groups is 1. The average molecular weight is 500 g/mol. The SMILES string of the molecule is COc1cccc(CN(C(=O)c2ccc3c(c2)nc(C(F)(F)F)n3C(C)C)S(C)(=O)=O)c1OC. The number of benzene rings is 2. The van der Waals surface area contributed by atoms with Crippen molar-refractivity contribution in [1.82, 2.24) is 13.9 Å². The van der Waals surface area contributed by atoms with E-state index in [0.29, 0.717) is 15.6 Å². The maximum Gasteiger partial charge on any atom is 0.449 e.